The summed E-state index contributed by atoms with van der Waals surface area (Å²) in [5, 5.41) is 26.9. The van der Waals surface area contributed by atoms with Crippen molar-refractivity contribution in [2.45, 2.75) is 12.8 Å². The van der Waals surface area contributed by atoms with Crippen LogP contribution >= 0.6 is 0 Å². The minimum absolute atomic E-state index is 0. The van der Waals surface area contributed by atoms with E-state index in [-0.39, 0.29) is 59.9 Å². The second-order valence-corrected chi connectivity index (χ2v) is 3.71. The smallest absolute Gasteiger partial charge is 1.00 e. The molecule has 0 spiro atoms. The van der Waals surface area contributed by atoms with Gasteiger partial charge < -0.3 is 6.16 Å². The second-order valence-electron chi connectivity index (χ2n) is 3.71. The number of hydrogen-bond acceptors (Lipinski definition) is 8. The largest absolute Gasteiger partial charge is 1.00 e. The van der Waals surface area contributed by atoms with E-state index in [0.29, 0.717) is 0 Å². The molecule has 0 bridgehead atoms. The molecule has 0 saturated carbocycles. The molecule has 2 aromatic rings. The second kappa shape index (κ2) is 7.12. The van der Waals surface area contributed by atoms with Gasteiger partial charge in [0.05, 0.1) is 17.6 Å². The van der Waals surface area contributed by atoms with Crippen LogP contribution in [0, 0.1) is 21.4 Å². The van der Waals surface area contributed by atoms with E-state index in [0.717, 1.165) is 6.07 Å². The number of nitro benzene ring substituents is 1. The number of hydrogen-bond donors (Lipinski definition) is 0. The van der Waals surface area contributed by atoms with Gasteiger partial charge in [-0.3, -0.25) is 14.9 Å². The fraction of sp³-hybridized carbons (Fsp3) is 0.273. The first-order valence-electron chi connectivity index (χ1n) is 5.56. The molecule has 0 fully saturated rings. The van der Waals surface area contributed by atoms with E-state index < -0.39 is 16.8 Å². The summed E-state index contributed by atoms with van der Waals surface area (Å²) >= 11 is 0. The summed E-state index contributed by atoms with van der Waals surface area (Å²) in [6, 6.07) is 4.20. The van der Waals surface area contributed by atoms with E-state index in [4.69, 9.17) is 10.00 Å². The van der Waals surface area contributed by atoms with Crippen LogP contribution in [0.3, 0.4) is 0 Å². The van der Waals surface area contributed by atoms with Crippen molar-refractivity contribution in [3.63, 3.8) is 0 Å². The Labute approximate surface area is 141 Å². The van der Waals surface area contributed by atoms with Crippen LogP contribution < -0.4 is 29.6 Å². The molecule has 0 amide bonds. The van der Waals surface area contributed by atoms with Gasteiger partial charge in [-0.15, -0.1) is 0 Å². The van der Waals surface area contributed by atoms with Crippen LogP contribution in [0.5, 0.6) is 0 Å². The minimum Gasteiger partial charge on any atom is -1.00 e. The molecule has 10 heteroatoms. The maximum absolute atomic E-state index is 11.7. The molecule has 0 N–H and O–H groups in total. The molecular weight excluding hydrogens is 291 g/mol. The summed E-state index contributed by atoms with van der Waals surface area (Å²) in [6.45, 7) is 1.72. The average molecular weight is 300 g/mol. The fourth-order valence-electron chi connectivity index (χ4n) is 1.73. The van der Waals surface area contributed by atoms with Crippen LogP contribution in [0.15, 0.2) is 16.8 Å². The van der Waals surface area contributed by atoms with E-state index in [2.05, 4.69) is 14.9 Å². The fourth-order valence-corrected chi connectivity index (χ4v) is 1.73. The molecular formula is C11H9N4NaO5. The zero-order valence-corrected chi connectivity index (χ0v) is 13.3. The van der Waals surface area contributed by atoms with Crippen molar-refractivity contribution >= 4 is 22.7 Å². The molecule has 21 heavy (non-hydrogen) atoms. The third-order valence-electron chi connectivity index (χ3n) is 2.58. The summed E-state index contributed by atoms with van der Waals surface area (Å²) in [5.41, 5.74) is -0.269. The van der Waals surface area contributed by atoms with Gasteiger partial charge in [-0.25, -0.2) is 4.63 Å². The number of nitrogens with zero attached hydrogens (tertiary/aromatic N) is 4. The molecule has 1 aromatic heterocycles. The molecule has 1 heterocycles. The van der Waals surface area contributed by atoms with Gasteiger partial charge in [-0.2, -0.15) is 5.26 Å². The molecule has 0 aliphatic rings. The standard InChI is InChI=1S/C11H8N4O5.Na.H/c1-2-19-11(16)7(5-12)6-3-4-8(15(17)18)10-9(6)13-20-14-10;;/h3-4,7H,2H2,1H3;;/q;+1;-1. The summed E-state index contributed by atoms with van der Waals surface area (Å²) in [4.78, 5) is 21.9. The third kappa shape index (κ3) is 3.18. The normalized spacial score (nSPS) is 11.2. The number of esters is 1. The maximum Gasteiger partial charge on any atom is 1.00 e. The number of ether oxygens (including phenoxy) is 1. The van der Waals surface area contributed by atoms with Gasteiger partial charge in [0.25, 0.3) is 0 Å². The predicted molar refractivity (Wildman–Crippen MR) is 64.6 cm³/mol. The number of aromatic nitrogens is 2. The first kappa shape index (κ1) is 17.0. The monoisotopic (exact) mass is 300 g/mol. The molecule has 0 saturated heterocycles. The Bertz CT molecular complexity index is 729. The van der Waals surface area contributed by atoms with E-state index in [1.807, 2.05) is 0 Å². The molecule has 104 valence electrons. The topological polar surface area (TPSA) is 132 Å². The number of benzene rings is 1. The SMILES string of the molecule is CCOC(=O)C(C#N)c1ccc([N+](=O)[O-])c2nonc12.[H-].[Na+]. The Morgan fingerprint density at radius 3 is 2.81 bits per heavy atom. The van der Waals surface area contributed by atoms with Gasteiger partial charge >= 0.3 is 41.2 Å². The molecule has 1 unspecified atom stereocenters. The van der Waals surface area contributed by atoms with Crippen LogP contribution in [0.4, 0.5) is 5.69 Å². The number of nitriles is 1. The van der Waals surface area contributed by atoms with Crippen LogP contribution in [-0.2, 0) is 9.53 Å². The van der Waals surface area contributed by atoms with Crippen LogP contribution in [0.2, 0.25) is 0 Å². The zero-order chi connectivity index (χ0) is 14.7. The van der Waals surface area contributed by atoms with Crippen molar-refractivity contribution in [2.75, 3.05) is 6.61 Å². The van der Waals surface area contributed by atoms with E-state index >= 15 is 0 Å². The Morgan fingerprint density at radius 1 is 1.57 bits per heavy atom. The van der Waals surface area contributed by atoms with Gasteiger partial charge in [0, 0.05) is 11.6 Å². The summed E-state index contributed by atoms with van der Waals surface area (Å²) in [6.07, 6.45) is 0. The van der Waals surface area contributed by atoms with Crippen molar-refractivity contribution < 1.29 is 50.1 Å². The van der Waals surface area contributed by atoms with Gasteiger partial charge in [0.2, 0.25) is 5.52 Å². The van der Waals surface area contributed by atoms with Gasteiger partial charge in [-0.1, -0.05) is 0 Å². The van der Waals surface area contributed by atoms with E-state index in [1.54, 1.807) is 13.0 Å². The molecule has 1 atom stereocenters. The van der Waals surface area contributed by atoms with E-state index in [1.165, 1.54) is 6.07 Å². The van der Waals surface area contributed by atoms with Crippen LogP contribution in [0.1, 0.15) is 19.8 Å². The van der Waals surface area contributed by atoms with E-state index in [9.17, 15) is 14.9 Å². The Morgan fingerprint density at radius 2 is 2.24 bits per heavy atom. The first-order valence-corrected chi connectivity index (χ1v) is 5.56. The molecule has 1 aromatic carbocycles. The minimum atomic E-state index is -1.25. The van der Waals surface area contributed by atoms with Crippen molar-refractivity contribution in [3.05, 3.63) is 27.8 Å². The van der Waals surface area contributed by atoms with Gasteiger partial charge in [0.1, 0.15) is 5.52 Å². The summed E-state index contributed by atoms with van der Waals surface area (Å²) in [5.74, 6) is -2.00. The van der Waals surface area contributed by atoms with Crippen LogP contribution in [-0.4, -0.2) is 27.8 Å². The average Bonchev–Trinajstić information content (AvgIpc) is 2.88. The maximum atomic E-state index is 11.7. The zero-order valence-electron chi connectivity index (χ0n) is 12.3. The number of carbonyl (C=O) groups excluding carboxylic acids is 1. The number of carbonyl (C=O) groups is 1. The number of non-ortho nitro benzene ring substituents is 1. The van der Waals surface area contributed by atoms with Gasteiger partial charge in [0.15, 0.2) is 5.92 Å². The molecule has 0 aliphatic heterocycles. The number of fused-ring (bicyclic) bond motifs is 1. The molecule has 0 radical (unpaired) electrons. The third-order valence-corrected chi connectivity index (χ3v) is 2.58. The number of rotatable bonds is 4. The quantitative estimate of drug-likeness (QED) is 0.286. The molecule has 9 nitrogen and oxygen atoms in total. The Balaban J connectivity index is 0.00000220. The van der Waals surface area contributed by atoms with Crippen molar-refractivity contribution in [3.8, 4) is 6.07 Å². The molecule has 0 aliphatic carbocycles. The Hall–Kier alpha value is -2.02. The van der Waals surface area contributed by atoms with Crippen LogP contribution in [0.25, 0.3) is 11.0 Å². The van der Waals surface area contributed by atoms with Gasteiger partial charge in [-0.05, 0) is 23.3 Å². The number of nitro groups is 1. The van der Waals surface area contributed by atoms with Crippen molar-refractivity contribution in [2.24, 2.45) is 0 Å². The predicted octanol–water partition coefficient (Wildman–Crippen LogP) is -1.58. The summed E-state index contributed by atoms with van der Waals surface area (Å²) < 4.78 is 9.24. The first-order chi connectivity index (χ1) is 9.60. The van der Waals surface area contributed by atoms with Crippen molar-refractivity contribution in [1.82, 2.24) is 10.3 Å². The Kier molecular flexibility index (Phi) is 5.78. The molecule has 2 rings (SSSR count). The van der Waals surface area contributed by atoms with Crippen molar-refractivity contribution in [1.29, 1.82) is 5.26 Å². The summed E-state index contributed by atoms with van der Waals surface area (Å²) in [7, 11) is 0.